The van der Waals surface area contributed by atoms with Gasteiger partial charge in [0.25, 0.3) is 0 Å². The third-order valence-corrected chi connectivity index (χ3v) is 3.21. The zero-order valence-electron chi connectivity index (χ0n) is 8.37. The Morgan fingerprint density at radius 1 is 1.53 bits per heavy atom. The van der Waals surface area contributed by atoms with Gasteiger partial charge in [0.15, 0.2) is 5.65 Å². The SMILES string of the molecule is CC1(n2c(N)nc3cc(Cl)cnc32)CC1. The molecular formula is C10H11ClN4. The van der Waals surface area contributed by atoms with Crippen molar-refractivity contribution in [3.63, 3.8) is 0 Å². The van der Waals surface area contributed by atoms with Crippen LogP contribution in [-0.4, -0.2) is 14.5 Å². The highest BCUT2D eigenvalue weighted by Gasteiger charge is 2.42. The number of aromatic nitrogens is 3. The fourth-order valence-corrected chi connectivity index (χ4v) is 2.05. The van der Waals surface area contributed by atoms with E-state index in [4.69, 9.17) is 17.3 Å². The second kappa shape index (κ2) is 2.64. The highest BCUT2D eigenvalue weighted by Crippen LogP contribution is 2.45. The maximum atomic E-state index is 5.90. The highest BCUT2D eigenvalue weighted by molar-refractivity contribution is 6.31. The van der Waals surface area contributed by atoms with E-state index in [2.05, 4.69) is 16.9 Å². The minimum absolute atomic E-state index is 0.111. The maximum absolute atomic E-state index is 5.90. The van der Waals surface area contributed by atoms with Crippen molar-refractivity contribution in [1.29, 1.82) is 0 Å². The van der Waals surface area contributed by atoms with Crippen LogP contribution in [0.3, 0.4) is 0 Å². The number of nitrogens with zero attached hydrogens (tertiary/aromatic N) is 3. The molecule has 1 fully saturated rings. The molecule has 2 N–H and O–H groups in total. The minimum Gasteiger partial charge on any atom is -0.369 e. The fourth-order valence-electron chi connectivity index (χ4n) is 1.89. The van der Waals surface area contributed by atoms with E-state index >= 15 is 0 Å². The van der Waals surface area contributed by atoms with Crippen molar-refractivity contribution in [2.75, 3.05) is 5.73 Å². The summed E-state index contributed by atoms with van der Waals surface area (Å²) in [7, 11) is 0. The van der Waals surface area contributed by atoms with Crippen LogP contribution in [0.15, 0.2) is 12.3 Å². The fraction of sp³-hybridized carbons (Fsp3) is 0.400. The van der Waals surface area contributed by atoms with Crippen molar-refractivity contribution in [3.8, 4) is 0 Å². The molecule has 15 heavy (non-hydrogen) atoms. The topological polar surface area (TPSA) is 56.7 Å². The monoisotopic (exact) mass is 222 g/mol. The van der Waals surface area contributed by atoms with Crippen molar-refractivity contribution in [1.82, 2.24) is 14.5 Å². The van der Waals surface area contributed by atoms with Crippen molar-refractivity contribution in [3.05, 3.63) is 17.3 Å². The molecule has 2 aromatic rings. The van der Waals surface area contributed by atoms with Crippen molar-refractivity contribution in [2.45, 2.75) is 25.3 Å². The molecule has 0 amide bonds. The summed E-state index contributed by atoms with van der Waals surface area (Å²) in [6, 6.07) is 1.79. The van der Waals surface area contributed by atoms with Crippen molar-refractivity contribution in [2.24, 2.45) is 0 Å². The lowest BCUT2D eigenvalue weighted by Gasteiger charge is -2.12. The molecule has 0 radical (unpaired) electrons. The third-order valence-electron chi connectivity index (χ3n) is 3.00. The van der Waals surface area contributed by atoms with Gasteiger partial charge in [-0.2, -0.15) is 0 Å². The van der Waals surface area contributed by atoms with E-state index in [1.54, 1.807) is 12.3 Å². The van der Waals surface area contributed by atoms with Gasteiger partial charge in [-0.1, -0.05) is 11.6 Å². The zero-order chi connectivity index (χ0) is 10.6. The molecule has 0 spiro atoms. The normalized spacial score (nSPS) is 18.3. The van der Waals surface area contributed by atoms with Crippen LogP contribution in [0.2, 0.25) is 5.02 Å². The number of nitrogens with two attached hydrogens (primary N) is 1. The van der Waals surface area contributed by atoms with Gasteiger partial charge < -0.3 is 5.73 Å². The number of imidazole rings is 1. The Morgan fingerprint density at radius 2 is 2.27 bits per heavy atom. The standard InChI is InChI=1S/C10H11ClN4/c1-10(2-3-10)15-8-7(14-9(15)12)4-6(11)5-13-8/h4-5H,2-3H2,1H3,(H2,12,14). The molecule has 4 nitrogen and oxygen atoms in total. The minimum atomic E-state index is 0.111. The number of fused-ring (bicyclic) bond motifs is 1. The molecule has 2 heterocycles. The average molecular weight is 223 g/mol. The molecular weight excluding hydrogens is 212 g/mol. The van der Waals surface area contributed by atoms with E-state index in [0.717, 1.165) is 24.0 Å². The number of anilines is 1. The van der Waals surface area contributed by atoms with Crippen LogP contribution >= 0.6 is 11.6 Å². The number of hydrogen-bond acceptors (Lipinski definition) is 3. The zero-order valence-corrected chi connectivity index (χ0v) is 9.12. The van der Waals surface area contributed by atoms with Gasteiger partial charge in [-0.3, -0.25) is 4.57 Å². The van der Waals surface area contributed by atoms with Crippen LogP contribution in [0.4, 0.5) is 5.95 Å². The maximum Gasteiger partial charge on any atom is 0.202 e. The molecule has 0 unspecified atom stereocenters. The molecule has 1 saturated carbocycles. The van der Waals surface area contributed by atoms with Crippen LogP contribution in [0.25, 0.3) is 11.2 Å². The molecule has 2 aromatic heterocycles. The second-order valence-electron chi connectivity index (χ2n) is 4.30. The Morgan fingerprint density at radius 3 is 2.93 bits per heavy atom. The van der Waals surface area contributed by atoms with Gasteiger partial charge in [-0.25, -0.2) is 9.97 Å². The summed E-state index contributed by atoms with van der Waals surface area (Å²) in [6.07, 6.45) is 3.90. The van der Waals surface area contributed by atoms with E-state index in [1.165, 1.54) is 0 Å². The Balaban J connectivity index is 2.33. The predicted octanol–water partition coefficient (Wildman–Crippen LogP) is 2.18. The van der Waals surface area contributed by atoms with Gasteiger partial charge in [0.05, 0.1) is 5.02 Å². The summed E-state index contributed by atoms with van der Waals surface area (Å²) in [5.74, 6) is 0.528. The molecule has 5 heteroatoms. The van der Waals surface area contributed by atoms with E-state index < -0.39 is 0 Å². The first-order chi connectivity index (χ1) is 7.10. The van der Waals surface area contributed by atoms with Crippen LogP contribution in [0.5, 0.6) is 0 Å². The second-order valence-corrected chi connectivity index (χ2v) is 4.74. The van der Waals surface area contributed by atoms with Crippen LogP contribution in [0.1, 0.15) is 19.8 Å². The summed E-state index contributed by atoms with van der Waals surface area (Å²) < 4.78 is 2.01. The smallest absolute Gasteiger partial charge is 0.202 e. The molecule has 1 aliphatic carbocycles. The molecule has 0 bridgehead atoms. The van der Waals surface area contributed by atoms with Gasteiger partial charge >= 0.3 is 0 Å². The first-order valence-corrected chi connectivity index (χ1v) is 5.28. The van der Waals surface area contributed by atoms with Gasteiger partial charge in [0.2, 0.25) is 5.95 Å². The van der Waals surface area contributed by atoms with E-state index in [0.29, 0.717) is 11.0 Å². The van der Waals surface area contributed by atoms with E-state index in [-0.39, 0.29) is 5.54 Å². The molecule has 0 aliphatic heterocycles. The molecule has 3 rings (SSSR count). The molecule has 0 saturated heterocycles. The van der Waals surface area contributed by atoms with Gasteiger partial charge in [0, 0.05) is 11.7 Å². The Kier molecular flexibility index (Phi) is 1.58. The predicted molar refractivity (Wildman–Crippen MR) is 59.8 cm³/mol. The average Bonchev–Trinajstić information content (AvgIpc) is 2.79. The first kappa shape index (κ1) is 8.97. The van der Waals surface area contributed by atoms with Crippen LogP contribution in [-0.2, 0) is 5.54 Å². The molecule has 78 valence electrons. The number of nitrogen functional groups attached to an aromatic ring is 1. The highest BCUT2D eigenvalue weighted by atomic mass is 35.5. The van der Waals surface area contributed by atoms with Gasteiger partial charge in [-0.05, 0) is 25.8 Å². The van der Waals surface area contributed by atoms with E-state index in [9.17, 15) is 0 Å². The summed E-state index contributed by atoms with van der Waals surface area (Å²) in [4.78, 5) is 8.57. The Hall–Kier alpha value is -1.29. The third kappa shape index (κ3) is 1.21. The summed E-state index contributed by atoms with van der Waals surface area (Å²) in [6.45, 7) is 2.17. The number of rotatable bonds is 1. The lowest BCUT2D eigenvalue weighted by molar-refractivity contribution is 0.553. The van der Waals surface area contributed by atoms with Crippen LogP contribution < -0.4 is 5.73 Å². The van der Waals surface area contributed by atoms with Gasteiger partial charge in [0.1, 0.15) is 5.52 Å². The quantitative estimate of drug-likeness (QED) is 0.805. The largest absolute Gasteiger partial charge is 0.369 e. The van der Waals surface area contributed by atoms with Crippen molar-refractivity contribution >= 4 is 28.7 Å². The summed E-state index contributed by atoms with van der Waals surface area (Å²) >= 11 is 5.86. The Labute approximate surface area is 92.1 Å². The number of pyridine rings is 1. The number of halogens is 1. The van der Waals surface area contributed by atoms with Crippen molar-refractivity contribution < 1.29 is 0 Å². The lowest BCUT2D eigenvalue weighted by Crippen LogP contribution is -2.15. The molecule has 0 atom stereocenters. The summed E-state index contributed by atoms with van der Waals surface area (Å²) in [5.41, 5.74) is 7.61. The van der Waals surface area contributed by atoms with Crippen LogP contribution in [0, 0.1) is 0 Å². The lowest BCUT2D eigenvalue weighted by atomic mass is 10.3. The van der Waals surface area contributed by atoms with Gasteiger partial charge in [-0.15, -0.1) is 0 Å². The number of hydrogen-bond donors (Lipinski definition) is 1. The molecule has 1 aliphatic rings. The first-order valence-electron chi connectivity index (χ1n) is 4.90. The summed E-state index contributed by atoms with van der Waals surface area (Å²) in [5, 5.41) is 0.591. The van der Waals surface area contributed by atoms with E-state index in [1.807, 2.05) is 4.57 Å². The Bertz CT molecular complexity index is 542. The molecule has 0 aromatic carbocycles.